The fourth-order valence-electron chi connectivity index (χ4n) is 11.1. The largest absolute Gasteiger partial charge is 0.504 e. The predicted molar refractivity (Wildman–Crippen MR) is 185 cm³/mol. The summed E-state index contributed by atoms with van der Waals surface area (Å²) in [4.78, 5) is 0. The first-order valence-corrected chi connectivity index (χ1v) is 21.2. The van der Waals surface area contributed by atoms with Gasteiger partial charge in [0.25, 0.3) is 0 Å². The molecule has 0 aliphatic heterocycles. The minimum atomic E-state index is -2.87. The van der Waals surface area contributed by atoms with Crippen molar-refractivity contribution in [1.82, 2.24) is 0 Å². The summed E-state index contributed by atoms with van der Waals surface area (Å²) in [6.45, 7) is 26.3. The third-order valence-corrected chi connectivity index (χ3v) is 17.9. The van der Waals surface area contributed by atoms with Gasteiger partial charge in [-0.15, -0.1) is 0 Å². The van der Waals surface area contributed by atoms with E-state index in [-0.39, 0.29) is 18.3 Å². The molecule has 0 spiro atoms. The fourth-order valence-corrected chi connectivity index (χ4v) is 15.1. The third-order valence-electron chi connectivity index (χ3n) is 14.2. The SMILES string of the molecule is CCC(C)O[Si](OC(C)CC)(OC(C)CC)C1CC[C@@]2(C)C(CC[C@H]3[C@@H]4CC[C@H]([C@H](C)CCCC(C)C)[C@@]4(C)CC[C@@H]32)C1. The lowest BCUT2D eigenvalue weighted by Gasteiger charge is -2.62. The van der Waals surface area contributed by atoms with Crippen LogP contribution in [-0.4, -0.2) is 27.1 Å². The summed E-state index contributed by atoms with van der Waals surface area (Å²) in [6.07, 6.45) is 20.5. The van der Waals surface area contributed by atoms with Crippen LogP contribution in [0.4, 0.5) is 0 Å². The van der Waals surface area contributed by atoms with Crippen molar-refractivity contribution < 1.29 is 13.3 Å². The summed E-state index contributed by atoms with van der Waals surface area (Å²) in [5, 5.41) is 0. The van der Waals surface area contributed by atoms with Crippen LogP contribution >= 0.6 is 0 Å². The van der Waals surface area contributed by atoms with Crippen molar-refractivity contribution in [1.29, 1.82) is 0 Å². The number of fused-ring (bicyclic) bond motifs is 5. The van der Waals surface area contributed by atoms with Crippen molar-refractivity contribution >= 4 is 8.80 Å². The highest BCUT2D eigenvalue weighted by atomic mass is 28.4. The van der Waals surface area contributed by atoms with Crippen molar-refractivity contribution in [2.24, 2.45) is 52.3 Å². The Morgan fingerprint density at radius 3 is 1.77 bits per heavy atom. The second-order valence-corrected chi connectivity index (χ2v) is 20.0. The first-order valence-electron chi connectivity index (χ1n) is 19.4. The minimum absolute atomic E-state index is 0.183. The average Bonchev–Trinajstić information content (AvgIpc) is 3.33. The van der Waals surface area contributed by atoms with E-state index in [2.05, 4.69) is 76.2 Å². The van der Waals surface area contributed by atoms with Crippen molar-refractivity contribution in [2.45, 2.75) is 196 Å². The van der Waals surface area contributed by atoms with Crippen LogP contribution < -0.4 is 0 Å². The van der Waals surface area contributed by atoms with Crippen molar-refractivity contribution in [3.8, 4) is 0 Å². The molecule has 252 valence electrons. The van der Waals surface area contributed by atoms with Gasteiger partial charge in [0, 0.05) is 23.9 Å². The van der Waals surface area contributed by atoms with Gasteiger partial charge in [-0.3, -0.25) is 0 Å². The van der Waals surface area contributed by atoms with E-state index in [0.717, 1.165) is 60.7 Å². The van der Waals surface area contributed by atoms with Gasteiger partial charge in [-0.05, 0) is 150 Å². The van der Waals surface area contributed by atoms with E-state index in [1.165, 1.54) is 77.0 Å². The molecule has 3 nitrogen and oxygen atoms in total. The van der Waals surface area contributed by atoms with E-state index in [1.54, 1.807) is 0 Å². The topological polar surface area (TPSA) is 27.7 Å². The van der Waals surface area contributed by atoms with E-state index in [1.807, 2.05) is 0 Å². The molecule has 0 N–H and O–H groups in total. The van der Waals surface area contributed by atoms with E-state index in [0.29, 0.717) is 16.4 Å². The Labute approximate surface area is 270 Å². The maximum absolute atomic E-state index is 7.03. The zero-order chi connectivity index (χ0) is 31.6. The molecule has 12 atom stereocenters. The van der Waals surface area contributed by atoms with E-state index in [4.69, 9.17) is 13.3 Å². The molecule has 4 rings (SSSR count). The molecule has 0 aromatic rings. The molecular weight excluding hydrogens is 545 g/mol. The third kappa shape index (κ3) is 7.48. The van der Waals surface area contributed by atoms with E-state index < -0.39 is 8.80 Å². The highest BCUT2D eigenvalue weighted by Gasteiger charge is 2.63. The summed E-state index contributed by atoms with van der Waals surface area (Å²) < 4.78 is 21.1. The van der Waals surface area contributed by atoms with Crippen LogP contribution in [0.25, 0.3) is 0 Å². The number of rotatable bonds is 15. The van der Waals surface area contributed by atoms with Gasteiger partial charge in [0.2, 0.25) is 0 Å². The van der Waals surface area contributed by atoms with E-state index >= 15 is 0 Å². The Hall–Kier alpha value is 0.0969. The highest BCUT2D eigenvalue weighted by molar-refractivity contribution is 6.62. The number of hydrogen-bond donors (Lipinski definition) is 0. The predicted octanol–water partition coefficient (Wildman–Crippen LogP) is 11.9. The zero-order valence-electron chi connectivity index (χ0n) is 30.7. The smallest absolute Gasteiger partial charge is 0.370 e. The summed E-state index contributed by atoms with van der Waals surface area (Å²) in [5.74, 6) is 6.31. The molecule has 4 fully saturated rings. The molecule has 0 saturated heterocycles. The maximum atomic E-state index is 7.03. The molecule has 4 saturated carbocycles. The highest BCUT2D eigenvalue weighted by Crippen LogP contribution is 2.69. The molecule has 0 bridgehead atoms. The van der Waals surface area contributed by atoms with Gasteiger partial charge in [-0.25, -0.2) is 0 Å². The monoisotopic (exact) mass is 619 g/mol. The Bertz CT molecular complexity index is 830. The fraction of sp³-hybridized carbons (Fsp3) is 1.00. The van der Waals surface area contributed by atoms with Crippen LogP contribution in [0.3, 0.4) is 0 Å². The summed E-state index contributed by atoms with van der Waals surface area (Å²) >= 11 is 0. The quantitative estimate of drug-likeness (QED) is 0.171. The lowest BCUT2D eigenvalue weighted by molar-refractivity contribution is -0.119. The summed E-state index contributed by atoms with van der Waals surface area (Å²) in [5.41, 5.74) is 1.50. The molecule has 0 heterocycles. The molecular formula is C39H74O3Si. The Morgan fingerprint density at radius 2 is 1.21 bits per heavy atom. The molecule has 5 unspecified atom stereocenters. The van der Waals surface area contributed by atoms with Crippen LogP contribution in [-0.2, 0) is 13.3 Å². The van der Waals surface area contributed by atoms with Crippen LogP contribution in [0.5, 0.6) is 0 Å². The van der Waals surface area contributed by atoms with Gasteiger partial charge in [-0.2, -0.15) is 0 Å². The van der Waals surface area contributed by atoms with Crippen molar-refractivity contribution in [3.63, 3.8) is 0 Å². The minimum Gasteiger partial charge on any atom is -0.370 e. The zero-order valence-corrected chi connectivity index (χ0v) is 31.7. The first kappa shape index (κ1) is 35.9. The van der Waals surface area contributed by atoms with Crippen LogP contribution in [0.2, 0.25) is 5.54 Å². The lowest BCUT2D eigenvalue weighted by Crippen LogP contribution is -2.59. The molecule has 4 aliphatic carbocycles. The standard InChI is InChI=1S/C39H74O3Si/c1-12-29(7)40-43(41-30(8)13-2,42-31(9)14-3)33-22-24-38(10)32(26-33)18-19-34-36-21-20-35(28(6)17-15-16-27(4)5)39(36,11)25-23-37(34)38/h27-37H,12-26H2,1-11H3/t28-,29?,30?,31?,32?,33?,34+,35-,36+,37+,38+,39-,43?/m1/s1. The average molecular weight is 619 g/mol. The van der Waals surface area contributed by atoms with Crippen molar-refractivity contribution in [2.75, 3.05) is 0 Å². The van der Waals surface area contributed by atoms with Crippen LogP contribution in [0.1, 0.15) is 172 Å². The number of hydrogen-bond acceptors (Lipinski definition) is 3. The second-order valence-electron chi connectivity index (χ2n) is 17.3. The summed E-state index contributed by atoms with van der Waals surface area (Å²) in [7, 11) is -2.87. The summed E-state index contributed by atoms with van der Waals surface area (Å²) in [6, 6.07) is 0. The Kier molecular flexibility index (Phi) is 12.4. The Morgan fingerprint density at radius 1 is 0.651 bits per heavy atom. The van der Waals surface area contributed by atoms with Gasteiger partial charge in [-0.1, -0.05) is 74.7 Å². The second kappa shape index (κ2) is 14.9. The van der Waals surface area contributed by atoms with Gasteiger partial charge in [0.15, 0.2) is 0 Å². The normalized spacial score (nSPS) is 40.2. The maximum Gasteiger partial charge on any atom is 0.504 e. The molecule has 4 heteroatoms. The molecule has 0 aromatic heterocycles. The molecule has 43 heavy (non-hydrogen) atoms. The van der Waals surface area contributed by atoms with Gasteiger partial charge in [0.05, 0.1) is 0 Å². The Balaban J connectivity index is 1.51. The molecule has 0 radical (unpaired) electrons. The molecule has 4 aliphatic rings. The molecule has 0 amide bonds. The van der Waals surface area contributed by atoms with Gasteiger partial charge in [0.1, 0.15) is 0 Å². The van der Waals surface area contributed by atoms with Crippen molar-refractivity contribution in [3.05, 3.63) is 0 Å². The lowest BCUT2D eigenvalue weighted by atomic mass is 9.44. The molecule has 0 aromatic carbocycles. The van der Waals surface area contributed by atoms with Gasteiger partial charge < -0.3 is 13.3 Å². The van der Waals surface area contributed by atoms with Crippen LogP contribution in [0.15, 0.2) is 0 Å². The van der Waals surface area contributed by atoms with Crippen LogP contribution in [0, 0.1) is 52.3 Å². The first-order chi connectivity index (χ1) is 20.3. The van der Waals surface area contributed by atoms with E-state index in [9.17, 15) is 0 Å². The van der Waals surface area contributed by atoms with Gasteiger partial charge >= 0.3 is 8.80 Å².